The van der Waals surface area contributed by atoms with E-state index in [2.05, 4.69) is 57.9 Å². The normalized spacial score (nSPS) is 19.1. The van der Waals surface area contributed by atoms with Crippen molar-refractivity contribution in [3.05, 3.63) is 40.8 Å². The van der Waals surface area contributed by atoms with E-state index in [4.69, 9.17) is 4.98 Å². The molecule has 0 saturated carbocycles. The fraction of sp³-hybridized carbons (Fsp3) is 0.357. The number of fused-ring (bicyclic) bond motifs is 1. The van der Waals surface area contributed by atoms with Gasteiger partial charge in [-0.05, 0) is 31.9 Å². The van der Waals surface area contributed by atoms with Crippen molar-refractivity contribution in [2.24, 2.45) is 0 Å². The van der Waals surface area contributed by atoms with Crippen LogP contribution in [0.1, 0.15) is 31.6 Å². The average Bonchev–Trinajstić information content (AvgIpc) is 2.75. The maximum Gasteiger partial charge on any atom is 0.109 e. The zero-order chi connectivity index (χ0) is 11.8. The van der Waals surface area contributed by atoms with Gasteiger partial charge >= 0.3 is 0 Å². The molecular weight excluding hydrogens is 276 g/mol. The van der Waals surface area contributed by atoms with Crippen LogP contribution in [0.15, 0.2) is 34.9 Å². The molecule has 2 heterocycles. The van der Waals surface area contributed by atoms with Gasteiger partial charge in [-0.25, -0.2) is 4.98 Å². The Labute approximate surface area is 110 Å². The van der Waals surface area contributed by atoms with Crippen LogP contribution < -0.4 is 0 Å². The van der Waals surface area contributed by atoms with E-state index in [0.29, 0.717) is 6.04 Å². The molecule has 1 aliphatic heterocycles. The Hall–Kier alpha value is -1.09. The first-order valence-corrected chi connectivity index (χ1v) is 6.87. The molecule has 2 aromatic rings. The number of rotatable bonds is 1. The predicted molar refractivity (Wildman–Crippen MR) is 73.0 cm³/mol. The highest BCUT2D eigenvalue weighted by Gasteiger charge is 2.18. The molecule has 3 rings (SSSR count). The molecule has 1 aliphatic rings. The second-order valence-electron chi connectivity index (χ2n) is 4.70. The van der Waals surface area contributed by atoms with Gasteiger partial charge < -0.3 is 4.57 Å². The SMILES string of the molecule is CC1CCCc2nc(-c3ccc(Br)cc3)cn21. The predicted octanol–water partition coefficient (Wildman–Crippen LogP) is 4.21. The van der Waals surface area contributed by atoms with Crippen LogP contribution in [0.4, 0.5) is 0 Å². The zero-order valence-electron chi connectivity index (χ0n) is 9.86. The Morgan fingerprint density at radius 1 is 1.29 bits per heavy atom. The summed E-state index contributed by atoms with van der Waals surface area (Å²) in [7, 11) is 0. The number of imidazole rings is 1. The third-order valence-electron chi connectivity index (χ3n) is 3.45. The first-order chi connectivity index (χ1) is 8.24. The van der Waals surface area contributed by atoms with Gasteiger partial charge in [0, 0.05) is 28.7 Å². The number of halogens is 1. The topological polar surface area (TPSA) is 17.8 Å². The second kappa shape index (κ2) is 4.30. The Bertz CT molecular complexity index is 528. The van der Waals surface area contributed by atoms with Crippen molar-refractivity contribution >= 4 is 15.9 Å². The van der Waals surface area contributed by atoms with Crippen LogP contribution in [0.2, 0.25) is 0 Å². The van der Waals surface area contributed by atoms with Crippen LogP contribution in [0.5, 0.6) is 0 Å². The van der Waals surface area contributed by atoms with Gasteiger partial charge in [-0.2, -0.15) is 0 Å². The summed E-state index contributed by atoms with van der Waals surface area (Å²) in [4.78, 5) is 4.75. The van der Waals surface area contributed by atoms with Gasteiger partial charge in [-0.3, -0.25) is 0 Å². The number of aromatic nitrogens is 2. The largest absolute Gasteiger partial charge is 0.331 e. The lowest BCUT2D eigenvalue weighted by atomic mass is 10.1. The fourth-order valence-electron chi connectivity index (χ4n) is 2.45. The summed E-state index contributed by atoms with van der Waals surface area (Å²) in [5.41, 5.74) is 2.29. The Morgan fingerprint density at radius 2 is 2.06 bits per heavy atom. The van der Waals surface area contributed by atoms with Crippen LogP contribution in [-0.4, -0.2) is 9.55 Å². The van der Waals surface area contributed by atoms with Crippen LogP contribution in [0.25, 0.3) is 11.3 Å². The first-order valence-electron chi connectivity index (χ1n) is 6.08. The minimum Gasteiger partial charge on any atom is -0.331 e. The third-order valence-corrected chi connectivity index (χ3v) is 3.97. The van der Waals surface area contributed by atoms with E-state index < -0.39 is 0 Å². The molecule has 0 N–H and O–H groups in total. The molecule has 0 saturated heterocycles. The van der Waals surface area contributed by atoms with Crippen LogP contribution in [-0.2, 0) is 6.42 Å². The maximum absolute atomic E-state index is 4.75. The van der Waals surface area contributed by atoms with Gasteiger partial charge in [0.1, 0.15) is 5.82 Å². The number of hydrogen-bond acceptors (Lipinski definition) is 1. The van der Waals surface area contributed by atoms with E-state index in [1.165, 1.54) is 24.2 Å². The highest BCUT2D eigenvalue weighted by Crippen LogP contribution is 2.28. The van der Waals surface area contributed by atoms with Crippen molar-refractivity contribution < 1.29 is 0 Å². The Balaban J connectivity index is 2.02. The minimum absolute atomic E-state index is 0.593. The quantitative estimate of drug-likeness (QED) is 0.769. The van der Waals surface area contributed by atoms with E-state index in [-0.39, 0.29) is 0 Å². The molecule has 0 radical (unpaired) electrons. The summed E-state index contributed by atoms with van der Waals surface area (Å²) in [5, 5.41) is 0. The van der Waals surface area contributed by atoms with Crippen molar-refractivity contribution in [3.8, 4) is 11.3 Å². The summed E-state index contributed by atoms with van der Waals surface area (Å²) < 4.78 is 3.44. The molecule has 0 spiro atoms. The molecule has 1 atom stereocenters. The molecule has 17 heavy (non-hydrogen) atoms. The maximum atomic E-state index is 4.75. The molecular formula is C14H15BrN2. The molecule has 0 bridgehead atoms. The standard InChI is InChI=1S/C14H15BrN2/c1-10-3-2-4-14-16-13(9-17(10)14)11-5-7-12(15)8-6-11/h5-10H,2-4H2,1H3. The molecule has 88 valence electrons. The van der Waals surface area contributed by atoms with Crippen molar-refractivity contribution in [2.75, 3.05) is 0 Å². The summed E-state index contributed by atoms with van der Waals surface area (Å²) in [6.07, 6.45) is 5.84. The highest BCUT2D eigenvalue weighted by molar-refractivity contribution is 9.10. The summed E-state index contributed by atoms with van der Waals surface area (Å²) >= 11 is 3.46. The average molecular weight is 291 g/mol. The Morgan fingerprint density at radius 3 is 2.76 bits per heavy atom. The van der Waals surface area contributed by atoms with E-state index in [1.54, 1.807) is 0 Å². The van der Waals surface area contributed by atoms with Gasteiger partial charge in [-0.15, -0.1) is 0 Å². The lowest BCUT2D eigenvalue weighted by molar-refractivity contribution is 0.426. The summed E-state index contributed by atoms with van der Waals surface area (Å²) in [6, 6.07) is 8.95. The smallest absolute Gasteiger partial charge is 0.109 e. The lowest BCUT2D eigenvalue weighted by Gasteiger charge is -2.20. The van der Waals surface area contributed by atoms with Gasteiger partial charge in [0.25, 0.3) is 0 Å². The number of hydrogen-bond donors (Lipinski definition) is 0. The number of benzene rings is 1. The lowest BCUT2D eigenvalue weighted by Crippen LogP contribution is -2.14. The van der Waals surface area contributed by atoms with E-state index in [1.807, 2.05) is 0 Å². The minimum atomic E-state index is 0.593. The van der Waals surface area contributed by atoms with Gasteiger partial charge in [0.05, 0.1) is 5.69 Å². The Kier molecular flexibility index (Phi) is 2.79. The molecule has 3 heteroatoms. The number of aryl methyl sites for hydroxylation is 1. The van der Waals surface area contributed by atoms with Crippen molar-refractivity contribution in [3.63, 3.8) is 0 Å². The molecule has 1 aromatic heterocycles. The molecule has 2 nitrogen and oxygen atoms in total. The van der Waals surface area contributed by atoms with Gasteiger partial charge in [0.2, 0.25) is 0 Å². The zero-order valence-corrected chi connectivity index (χ0v) is 11.4. The highest BCUT2D eigenvalue weighted by atomic mass is 79.9. The molecule has 0 fully saturated rings. The molecule has 1 aromatic carbocycles. The van der Waals surface area contributed by atoms with Crippen LogP contribution in [0, 0.1) is 0 Å². The molecule has 0 amide bonds. The van der Waals surface area contributed by atoms with Crippen molar-refractivity contribution in [1.82, 2.24) is 9.55 Å². The first kappa shape index (κ1) is 11.0. The van der Waals surface area contributed by atoms with E-state index >= 15 is 0 Å². The van der Waals surface area contributed by atoms with Crippen LogP contribution >= 0.6 is 15.9 Å². The fourth-order valence-corrected chi connectivity index (χ4v) is 2.72. The van der Waals surface area contributed by atoms with Crippen molar-refractivity contribution in [2.45, 2.75) is 32.2 Å². The van der Waals surface area contributed by atoms with E-state index in [9.17, 15) is 0 Å². The number of nitrogens with zero attached hydrogens (tertiary/aromatic N) is 2. The summed E-state index contributed by atoms with van der Waals surface area (Å²) in [5.74, 6) is 1.24. The molecule has 0 aliphatic carbocycles. The van der Waals surface area contributed by atoms with Gasteiger partial charge in [-0.1, -0.05) is 28.1 Å². The van der Waals surface area contributed by atoms with E-state index in [0.717, 1.165) is 16.6 Å². The van der Waals surface area contributed by atoms with Crippen molar-refractivity contribution in [1.29, 1.82) is 0 Å². The molecule has 1 unspecified atom stereocenters. The second-order valence-corrected chi connectivity index (χ2v) is 5.61. The van der Waals surface area contributed by atoms with Crippen LogP contribution in [0.3, 0.4) is 0 Å². The summed E-state index contributed by atoms with van der Waals surface area (Å²) in [6.45, 7) is 2.27. The third kappa shape index (κ3) is 2.04. The monoisotopic (exact) mass is 290 g/mol. The van der Waals surface area contributed by atoms with Gasteiger partial charge in [0.15, 0.2) is 0 Å².